The number of hydrogen-bond donors (Lipinski definition) is 1. The first-order valence-electron chi connectivity index (χ1n) is 5.65. The van der Waals surface area contributed by atoms with Gasteiger partial charge in [0.1, 0.15) is 16.5 Å². The van der Waals surface area contributed by atoms with Gasteiger partial charge in [-0.3, -0.25) is 4.72 Å². The van der Waals surface area contributed by atoms with Crippen LogP contribution in [0.4, 0.5) is 10.1 Å². The summed E-state index contributed by atoms with van der Waals surface area (Å²) in [5, 5.41) is 0.343. The lowest BCUT2D eigenvalue weighted by atomic mass is 10.3. The smallest absolute Gasteiger partial charge is 0.264 e. The fourth-order valence-electron chi connectivity index (χ4n) is 1.63. The monoisotopic (exact) mass is 393 g/mol. The summed E-state index contributed by atoms with van der Waals surface area (Å²) in [6.45, 7) is 0. The van der Waals surface area contributed by atoms with E-state index in [1.807, 2.05) is 0 Å². The van der Waals surface area contributed by atoms with E-state index in [2.05, 4.69) is 20.7 Å². The SMILES string of the molecule is COc1cc(NS(=O)(=O)c2ccc(Br)cc2F)ccc1Cl. The second-order valence-electron chi connectivity index (χ2n) is 4.03. The number of sulfonamides is 1. The van der Waals surface area contributed by atoms with Crippen LogP contribution in [0.3, 0.4) is 0 Å². The van der Waals surface area contributed by atoms with Crippen molar-refractivity contribution in [3.8, 4) is 5.75 Å². The average Bonchev–Trinajstić information content (AvgIpc) is 2.40. The molecule has 0 amide bonds. The molecule has 0 aliphatic rings. The fourth-order valence-corrected chi connectivity index (χ4v) is 3.26. The van der Waals surface area contributed by atoms with Gasteiger partial charge in [-0.2, -0.15) is 0 Å². The van der Waals surface area contributed by atoms with E-state index in [0.717, 1.165) is 6.07 Å². The predicted octanol–water partition coefficient (Wildman–Crippen LogP) is 4.05. The minimum absolute atomic E-state index is 0.221. The van der Waals surface area contributed by atoms with Crippen molar-refractivity contribution in [3.63, 3.8) is 0 Å². The van der Waals surface area contributed by atoms with Gasteiger partial charge in [-0.1, -0.05) is 27.5 Å². The highest BCUT2D eigenvalue weighted by molar-refractivity contribution is 9.10. The lowest BCUT2D eigenvalue weighted by Crippen LogP contribution is -2.14. The zero-order valence-electron chi connectivity index (χ0n) is 10.7. The second-order valence-corrected chi connectivity index (χ2v) is 7.00. The van der Waals surface area contributed by atoms with Gasteiger partial charge in [0, 0.05) is 10.5 Å². The Morgan fingerprint density at radius 2 is 1.95 bits per heavy atom. The minimum Gasteiger partial charge on any atom is -0.495 e. The number of ether oxygens (including phenoxy) is 1. The van der Waals surface area contributed by atoms with E-state index < -0.39 is 20.7 Å². The van der Waals surface area contributed by atoms with Gasteiger partial charge in [0.05, 0.1) is 17.8 Å². The van der Waals surface area contributed by atoms with Crippen molar-refractivity contribution < 1.29 is 17.5 Å². The minimum atomic E-state index is -4.04. The van der Waals surface area contributed by atoms with E-state index in [1.54, 1.807) is 0 Å². The Labute approximate surface area is 135 Å². The van der Waals surface area contributed by atoms with Crippen LogP contribution < -0.4 is 9.46 Å². The molecule has 0 saturated heterocycles. The fraction of sp³-hybridized carbons (Fsp3) is 0.0769. The maximum atomic E-state index is 13.8. The normalized spacial score (nSPS) is 11.2. The van der Waals surface area contributed by atoms with Crippen LogP contribution in [0.5, 0.6) is 5.75 Å². The maximum absolute atomic E-state index is 13.8. The molecule has 0 bridgehead atoms. The van der Waals surface area contributed by atoms with Crippen molar-refractivity contribution in [1.29, 1.82) is 0 Å². The number of rotatable bonds is 4. The van der Waals surface area contributed by atoms with Crippen molar-refractivity contribution in [3.05, 3.63) is 51.7 Å². The highest BCUT2D eigenvalue weighted by Crippen LogP contribution is 2.29. The summed E-state index contributed by atoms with van der Waals surface area (Å²) in [5.74, 6) is -0.536. The first kappa shape index (κ1) is 16.1. The molecule has 0 atom stereocenters. The van der Waals surface area contributed by atoms with Gasteiger partial charge in [-0.25, -0.2) is 12.8 Å². The molecule has 2 rings (SSSR count). The van der Waals surface area contributed by atoms with E-state index in [-0.39, 0.29) is 5.69 Å². The predicted molar refractivity (Wildman–Crippen MR) is 82.9 cm³/mol. The van der Waals surface area contributed by atoms with Crippen LogP contribution >= 0.6 is 27.5 Å². The summed E-state index contributed by atoms with van der Waals surface area (Å²) in [4.78, 5) is -0.445. The Bertz CT molecular complexity index is 783. The number of benzene rings is 2. The summed E-state index contributed by atoms with van der Waals surface area (Å²) < 4.78 is 45.8. The molecule has 0 unspecified atom stereocenters. The summed E-state index contributed by atoms with van der Waals surface area (Å²) in [7, 11) is -2.63. The molecular weight excluding hydrogens is 385 g/mol. The van der Waals surface area contributed by atoms with Crippen LogP contribution in [-0.4, -0.2) is 15.5 Å². The standard InChI is InChI=1S/C13H10BrClFNO3S/c1-20-12-7-9(3-4-10(12)15)17-21(18,19)13-5-2-8(14)6-11(13)16/h2-7,17H,1H3. The molecule has 0 heterocycles. The highest BCUT2D eigenvalue weighted by atomic mass is 79.9. The van der Waals surface area contributed by atoms with Gasteiger partial charge < -0.3 is 4.74 Å². The van der Waals surface area contributed by atoms with E-state index in [1.165, 1.54) is 37.4 Å². The van der Waals surface area contributed by atoms with Gasteiger partial charge in [-0.15, -0.1) is 0 Å². The lowest BCUT2D eigenvalue weighted by Gasteiger charge is -2.11. The average molecular weight is 395 g/mol. The lowest BCUT2D eigenvalue weighted by molar-refractivity contribution is 0.415. The quantitative estimate of drug-likeness (QED) is 0.851. The molecule has 0 aromatic heterocycles. The van der Waals surface area contributed by atoms with Gasteiger partial charge in [0.2, 0.25) is 0 Å². The largest absolute Gasteiger partial charge is 0.495 e. The van der Waals surface area contributed by atoms with Gasteiger partial charge >= 0.3 is 0 Å². The number of nitrogens with one attached hydrogen (secondary N) is 1. The summed E-state index contributed by atoms with van der Waals surface area (Å²) in [6, 6.07) is 8.05. The van der Waals surface area contributed by atoms with Crippen LogP contribution in [0.25, 0.3) is 0 Å². The molecule has 0 aliphatic heterocycles. The van der Waals surface area contributed by atoms with Crippen LogP contribution in [0.2, 0.25) is 5.02 Å². The van der Waals surface area contributed by atoms with Crippen molar-refractivity contribution in [2.24, 2.45) is 0 Å². The van der Waals surface area contributed by atoms with E-state index >= 15 is 0 Å². The molecule has 0 spiro atoms. The number of anilines is 1. The second kappa shape index (κ2) is 6.21. The summed E-state index contributed by atoms with van der Waals surface area (Å²) >= 11 is 8.93. The van der Waals surface area contributed by atoms with Crippen molar-refractivity contribution in [1.82, 2.24) is 0 Å². The Morgan fingerprint density at radius 3 is 2.57 bits per heavy atom. The molecule has 8 heteroatoms. The number of hydrogen-bond acceptors (Lipinski definition) is 3. The van der Waals surface area contributed by atoms with Crippen molar-refractivity contribution in [2.45, 2.75) is 4.90 Å². The Morgan fingerprint density at radius 1 is 1.24 bits per heavy atom. The first-order chi connectivity index (χ1) is 9.83. The van der Waals surface area contributed by atoms with Crippen LogP contribution in [-0.2, 0) is 10.0 Å². The zero-order chi connectivity index (χ0) is 15.6. The Kier molecular flexibility index (Phi) is 4.75. The third-order valence-electron chi connectivity index (χ3n) is 2.59. The molecule has 0 aliphatic carbocycles. The molecule has 0 radical (unpaired) electrons. The number of methoxy groups -OCH3 is 1. The van der Waals surface area contributed by atoms with Gasteiger partial charge in [0.25, 0.3) is 10.0 Å². The van der Waals surface area contributed by atoms with Crippen LogP contribution in [0, 0.1) is 5.82 Å². The summed E-state index contributed by atoms with van der Waals surface area (Å²) in [6.07, 6.45) is 0. The van der Waals surface area contributed by atoms with E-state index in [9.17, 15) is 12.8 Å². The summed E-state index contributed by atoms with van der Waals surface area (Å²) in [5.41, 5.74) is 0.221. The van der Waals surface area contributed by atoms with Gasteiger partial charge in [0.15, 0.2) is 0 Å². The Hall–Kier alpha value is -1.31. The molecule has 2 aromatic carbocycles. The van der Waals surface area contributed by atoms with E-state index in [0.29, 0.717) is 15.2 Å². The Balaban J connectivity index is 2.37. The third-order valence-corrected chi connectivity index (χ3v) is 4.81. The van der Waals surface area contributed by atoms with Gasteiger partial charge in [-0.05, 0) is 30.3 Å². The van der Waals surface area contributed by atoms with Crippen LogP contribution in [0.1, 0.15) is 0 Å². The van der Waals surface area contributed by atoms with Crippen molar-refractivity contribution >= 4 is 43.2 Å². The maximum Gasteiger partial charge on any atom is 0.264 e. The molecule has 0 saturated carbocycles. The van der Waals surface area contributed by atoms with Crippen molar-refractivity contribution in [2.75, 3.05) is 11.8 Å². The number of halogens is 3. The van der Waals surface area contributed by atoms with E-state index in [4.69, 9.17) is 16.3 Å². The first-order valence-corrected chi connectivity index (χ1v) is 8.30. The molecule has 21 heavy (non-hydrogen) atoms. The molecule has 1 N–H and O–H groups in total. The zero-order valence-corrected chi connectivity index (χ0v) is 13.9. The molecular formula is C13H10BrClFNO3S. The molecule has 2 aromatic rings. The molecule has 112 valence electrons. The molecule has 0 fully saturated rings. The highest BCUT2D eigenvalue weighted by Gasteiger charge is 2.19. The molecule has 4 nitrogen and oxygen atoms in total. The van der Waals surface area contributed by atoms with Crippen LogP contribution in [0.15, 0.2) is 45.8 Å². The topological polar surface area (TPSA) is 55.4 Å². The third kappa shape index (κ3) is 3.66.